The van der Waals surface area contributed by atoms with Crippen molar-refractivity contribution in [3.63, 3.8) is 0 Å². The summed E-state index contributed by atoms with van der Waals surface area (Å²) in [6, 6.07) is 0.327. The van der Waals surface area contributed by atoms with E-state index >= 15 is 0 Å². The third-order valence-corrected chi connectivity index (χ3v) is 5.82. The van der Waals surface area contributed by atoms with Crippen molar-refractivity contribution in [1.82, 2.24) is 14.7 Å². The standard InChI is InChI=1S/C18H31N3O3/c1-24-12-11-21-16-7-10-19(13-15(16)5-4-6-17(21)22)14-18(23)20-8-2-3-9-20/h15-16H,2-14H2,1H3/t15-,16+/m0/s1. The van der Waals surface area contributed by atoms with Crippen LogP contribution in [0.2, 0.25) is 0 Å². The van der Waals surface area contributed by atoms with Crippen LogP contribution >= 0.6 is 0 Å². The van der Waals surface area contributed by atoms with Gasteiger partial charge in [0, 0.05) is 52.3 Å². The molecule has 3 saturated heterocycles. The summed E-state index contributed by atoms with van der Waals surface area (Å²) in [6.07, 6.45) is 5.99. The smallest absolute Gasteiger partial charge is 0.236 e. The lowest BCUT2D eigenvalue weighted by Crippen LogP contribution is -2.54. The summed E-state index contributed by atoms with van der Waals surface area (Å²) in [5.74, 6) is 1.06. The molecule has 3 fully saturated rings. The zero-order chi connectivity index (χ0) is 16.9. The van der Waals surface area contributed by atoms with Gasteiger partial charge in [0.15, 0.2) is 0 Å². The zero-order valence-electron chi connectivity index (χ0n) is 14.9. The minimum atomic E-state index is 0.279. The van der Waals surface area contributed by atoms with Crippen molar-refractivity contribution < 1.29 is 14.3 Å². The molecule has 0 unspecified atom stereocenters. The Bertz CT molecular complexity index is 451. The van der Waals surface area contributed by atoms with Crippen LogP contribution in [0.25, 0.3) is 0 Å². The van der Waals surface area contributed by atoms with Crippen LogP contribution in [0, 0.1) is 5.92 Å². The molecule has 0 bridgehead atoms. The van der Waals surface area contributed by atoms with E-state index in [2.05, 4.69) is 9.80 Å². The van der Waals surface area contributed by atoms with E-state index in [-0.39, 0.29) is 11.8 Å². The van der Waals surface area contributed by atoms with Crippen LogP contribution in [0.4, 0.5) is 0 Å². The van der Waals surface area contributed by atoms with E-state index in [9.17, 15) is 9.59 Å². The van der Waals surface area contributed by atoms with E-state index in [1.54, 1.807) is 7.11 Å². The number of hydrogen-bond acceptors (Lipinski definition) is 4. The number of likely N-dealkylation sites (tertiary alicyclic amines) is 3. The Hall–Kier alpha value is -1.14. The maximum Gasteiger partial charge on any atom is 0.236 e. The van der Waals surface area contributed by atoms with Gasteiger partial charge in [-0.1, -0.05) is 0 Å². The summed E-state index contributed by atoms with van der Waals surface area (Å²) in [6.45, 7) is 5.57. The second-order valence-electron chi connectivity index (χ2n) is 7.41. The first kappa shape index (κ1) is 17.7. The molecular weight excluding hydrogens is 306 g/mol. The average molecular weight is 337 g/mol. The van der Waals surface area contributed by atoms with Gasteiger partial charge in [0.1, 0.15) is 0 Å². The van der Waals surface area contributed by atoms with E-state index in [1.807, 2.05) is 4.90 Å². The first-order chi connectivity index (χ1) is 11.7. The fourth-order valence-corrected chi connectivity index (χ4v) is 4.51. The number of amides is 2. The molecule has 3 heterocycles. The molecule has 2 amide bonds. The van der Waals surface area contributed by atoms with E-state index < -0.39 is 0 Å². The SMILES string of the molecule is COCCN1C(=O)CCC[C@H]2CN(CC(=O)N3CCCC3)CC[C@H]21. The Morgan fingerprint density at radius 2 is 1.96 bits per heavy atom. The lowest BCUT2D eigenvalue weighted by atomic mass is 9.88. The molecule has 0 aromatic rings. The highest BCUT2D eigenvalue weighted by molar-refractivity contribution is 5.78. The highest BCUT2D eigenvalue weighted by atomic mass is 16.5. The van der Waals surface area contributed by atoms with E-state index in [0.717, 1.165) is 58.3 Å². The van der Waals surface area contributed by atoms with Gasteiger partial charge >= 0.3 is 0 Å². The van der Waals surface area contributed by atoms with Gasteiger partial charge in [-0.25, -0.2) is 0 Å². The molecule has 0 aromatic heterocycles. The summed E-state index contributed by atoms with van der Waals surface area (Å²) in [4.78, 5) is 31.2. The quantitative estimate of drug-likeness (QED) is 0.750. The Morgan fingerprint density at radius 3 is 2.71 bits per heavy atom. The lowest BCUT2D eigenvalue weighted by molar-refractivity contribution is -0.137. The molecule has 6 nitrogen and oxygen atoms in total. The number of rotatable bonds is 5. The van der Waals surface area contributed by atoms with Crippen molar-refractivity contribution in [3.8, 4) is 0 Å². The summed E-state index contributed by atoms with van der Waals surface area (Å²) < 4.78 is 5.19. The third-order valence-electron chi connectivity index (χ3n) is 5.82. The number of hydrogen-bond donors (Lipinski definition) is 0. The summed E-state index contributed by atoms with van der Waals surface area (Å²) in [5, 5.41) is 0. The number of piperidine rings is 1. The van der Waals surface area contributed by atoms with Gasteiger partial charge in [-0.05, 0) is 38.0 Å². The van der Waals surface area contributed by atoms with Crippen LogP contribution in [0.5, 0.6) is 0 Å². The number of carbonyl (C=O) groups excluding carboxylic acids is 2. The largest absolute Gasteiger partial charge is 0.383 e. The van der Waals surface area contributed by atoms with Crippen LogP contribution in [-0.4, -0.2) is 85.5 Å². The molecule has 3 aliphatic rings. The first-order valence-electron chi connectivity index (χ1n) is 9.47. The molecule has 0 aromatic carbocycles. The average Bonchev–Trinajstić information content (AvgIpc) is 3.06. The number of ether oxygens (including phenoxy) is 1. The highest BCUT2D eigenvalue weighted by Gasteiger charge is 2.37. The van der Waals surface area contributed by atoms with Crippen LogP contribution in [-0.2, 0) is 14.3 Å². The van der Waals surface area contributed by atoms with Crippen molar-refractivity contribution in [3.05, 3.63) is 0 Å². The van der Waals surface area contributed by atoms with Gasteiger partial charge in [0.25, 0.3) is 0 Å². The molecule has 0 spiro atoms. The van der Waals surface area contributed by atoms with Gasteiger partial charge in [-0.2, -0.15) is 0 Å². The van der Waals surface area contributed by atoms with Gasteiger partial charge in [-0.15, -0.1) is 0 Å². The van der Waals surface area contributed by atoms with Crippen LogP contribution in [0.3, 0.4) is 0 Å². The van der Waals surface area contributed by atoms with Crippen molar-refractivity contribution >= 4 is 11.8 Å². The number of fused-ring (bicyclic) bond motifs is 1. The van der Waals surface area contributed by atoms with Gasteiger partial charge < -0.3 is 14.5 Å². The molecule has 0 aliphatic carbocycles. The predicted octanol–water partition coefficient (Wildman–Crippen LogP) is 0.958. The molecule has 3 rings (SSSR count). The minimum Gasteiger partial charge on any atom is -0.383 e. The Morgan fingerprint density at radius 1 is 1.17 bits per heavy atom. The van der Waals surface area contributed by atoms with E-state index in [1.165, 1.54) is 0 Å². The van der Waals surface area contributed by atoms with E-state index in [0.29, 0.717) is 38.1 Å². The van der Waals surface area contributed by atoms with Crippen LogP contribution in [0.15, 0.2) is 0 Å². The van der Waals surface area contributed by atoms with Gasteiger partial charge in [0.2, 0.25) is 11.8 Å². The minimum absolute atomic E-state index is 0.279. The fourth-order valence-electron chi connectivity index (χ4n) is 4.51. The summed E-state index contributed by atoms with van der Waals surface area (Å²) >= 11 is 0. The molecule has 2 atom stereocenters. The zero-order valence-corrected chi connectivity index (χ0v) is 14.9. The maximum absolute atomic E-state index is 12.4. The summed E-state index contributed by atoms with van der Waals surface area (Å²) in [5.41, 5.74) is 0. The number of carbonyl (C=O) groups is 2. The Labute approximate surface area is 145 Å². The molecule has 0 N–H and O–H groups in total. The molecule has 3 aliphatic heterocycles. The highest BCUT2D eigenvalue weighted by Crippen LogP contribution is 2.30. The lowest BCUT2D eigenvalue weighted by Gasteiger charge is -2.42. The van der Waals surface area contributed by atoms with Crippen molar-refractivity contribution in [1.29, 1.82) is 0 Å². The van der Waals surface area contributed by atoms with Gasteiger partial charge in [0.05, 0.1) is 13.2 Å². The number of nitrogens with zero attached hydrogens (tertiary/aromatic N) is 3. The topological polar surface area (TPSA) is 53.1 Å². The molecule has 6 heteroatoms. The van der Waals surface area contributed by atoms with Crippen molar-refractivity contribution in [2.24, 2.45) is 5.92 Å². The first-order valence-corrected chi connectivity index (χ1v) is 9.47. The maximum atomic E-state index is 12.4. The molecular formula is C18H31N3O3. The van der Waals surface area contributed by atoms with Crippen molar-refractivity contribution in [2.75, 3.05) is 53.0 Å². The number of methoxy groups -OCH3 is 1. The molecule has 24 heavy (non-hydrogen) atoms. The predicted molar refractivity (Wildman–Crippen MR) is 91.6 cm³/mol. The fraction of sp³-hybridized carbons (Fsp3) is 0.889. The van der Waals surface area contributed by atoms with Gasteiger partial charge in [-0.3, -0.25) is 14.5 Å². The van der Waals surface area contributed by atoms with E-state index in [4.69, 9.17) is 4.74 Å². The third kappa shape index (κ3) is 4.09. The molecule has 0 radical (unpaired) electrons. The molecule has 0 saturated carbocycles. The Balaban J connectivity index is 1.57. The second kappa shape index (κ2) is 8.30. The Kier molecular flexibility index (Phi) is 6.11. The normalized spacial score (nSPS) is 28.8. The van der Waals surface area contributed by atoms with Crippen molar-refractivity contribution in [2.45, 2.75) is 44.6 Å². The van der Waals surface area contributed by atoms with Crippen LogP contribution in [0.1, 0.15) is 38.5 Å². The summed E-state index contributed by atoms with van der Waals surface area (Å²) in [7, 11) is 1.69. The monoisotopic (exact) mass is 337 g/mol. The molecule has 136 valence electrons. The van der Waals surface area contributed by atoms with Crippen LogP contribution < -0.4 is 0 Å². The second-order valence-corrected chi connectivity index (χ2v) is 7.41.